The molecule has 0 aliphatic rings. The summed E-state index contributed by atoms with van der Waals surface area (Å²) in [5.74, 6) is 1.25. The van der Waals surface area contributed by atoms with Crippen LogP contribution >= 0.6 is 11.8 Å². The quantitative estimate of drug-likeness (QED) is 0.258. The van der Waals surface area contributed by atoms with Crippen LogP contribution in [0.5, 0.6) is 11.5 Å². The van der Waals surface area contributed by atoms with Crippen molar-refractivity contribution in [1.82, 2.24) is 9.97 Å². The third-order valence-corrected chi connectivity index (χ3v) is 4.85. The highest BCUT2D eigenvalue weighted by atomic mass is 32.2. The Balaban J connectivity index is 0.00000176. The largest absolute Gasteiger partial charge is 0.493 e. The average molecular weight is 456 g/mol. The first-order chi connectivity index (χ1) is 15.6. The Morgan fingerprint density at radius 2 is 1.75 bits per heavy atom. The van der Waals surface area contributed by atoms with E-state index >= 15 is 0 Å². The van der Waals surface area contributed by atoms with Gasteiger partial charge in [0.15, 0.2) is 16.7 Å². The standard InChI is InChI=1S/C22H23N3O4S.C2H6/c1-5-29-21(26)17-13-23-22(30-4)25-20(17)24-16-8-6-7-14(11-16)15-9-10-18(27-2)19(12-15)28-3;1-2/h6-13H,5H2,1-4H3,(H,23,24,25);1-2H3. The summed E-state index contributed by atoms with van der Waals surface area (Å²) in [5, 5.41) is 3.78. The van der Waals surface area contributed by atoms with Crippen molar-refractivity contribution in [3.63, 3.8) is 0 Å². The molecule has 2 aromatic carbocycles. The summed E-state index contributed by atoms with van der Waals surface area (Å²) in [5.41, 5.74) is 3.00. The summed E-state index contributed by atoms with van der Waals surface area (Å²) in [4.78, 5) is 20.9. The highest BCUT2D eigenvalue weighted by molar-refractivity contribution is 7.98. The highest BCUT2D eigenvalue weighted by Gasteiger charge is 2.16. The minimum Gasteiger partial charge on any atom is -0.493 e. The Hall–Kier alpha value is -3.26. The molecular weight excluding hydrogens is 426 g/mol. The van der Waals surface area contributed by atoms with Crippen LogP contribution in [0.3, 0.4) is 0 Å². The molecule has 0 unspecified atom stereocenters. The Morgan fingerprint density at radius 1 is 1.03 bits per heavy atom. The number of nitrogens with one attached hydrogen (secondary N) is 1. The molecule has 0 aliphatic carbocycles. The first kappa shape index (κ1) is 25.0. The molecule has 0 aliphatic heterocycles. The number of rotatable bonds is 8. The number of carbonyl (C=O) groups is 1. The summed E-state index contributed by atoms with van der Waals surface area (Å²) >= 11 is 1.39. The van der Waals surface area contributed by atoms with Crippen LogP contribution in [0, 0.1) is 0 Å². The maximum atomic E-state index is 12.3. The van der Waals surface area contributed by atoms with E-state index in [4.69, 9.17) is 14.2 Å². The van der Waals surface area contributed by atoms with E-state index in [9.17, 15) is 4.79 Å². The fraction of sp³-hybridized carbons (Fsp3) is 0.292. The lowest BCUT2D eigenvalue weighted by Gasteiger charge is -2.13. The predicted octanol–water partition coefficient (Wildman–Crippen LogP) is 5.83. The van der Waals surface area contributed by atoms with E-state index in [-0.39, 0.29) is 12.2 Å². The summed E-state index contributed by atoms with van der Waals surface area (Å²) in [6.45, 7) is 6.03. The Bertz CT molecular complexity index is 1040. The van der Waals surface area contributed by atoms with E-state index in [0.717, 1.165) is 16.8 Å². The smallest absolute Gasteiger partial charge is 0.343 e. The third-order valence-electron chi connectivity index (χ3n) is 4.29. The Morgan fingerprint density at radius 3 is 2.41 bits per heavy atom. The summed E-state index contributed by atoms with van der Waals surface area (Å²) in [6.07, 6.45) is 3.36. The van der Waals surface area contributed by atoms with Crippen LogP contribution in [0.25, 0.3) is 11.1 Å². The molecule has 170 valence electrons. The van der Waals surface area contributed by atoms with Crippen LogP contribution in [0.2, 0.25) is 0 Å². The molecule has 8 heteroatoms. The third kappa shape index (κ3) is 6.13. The number of anilines is 2. The van der Waals surface area contributed by atoms with Crippen molar-refractivity contribution in [2.24, 2.45) is 0 Å². The van der Waals surface area contributed by atoms with Gasteiger partial charge in [-0.15, -0.1) is 0 Å². The van der Waals surface area contributed by atoms with Crippen molar-refractivity contribution >= 4 is 29.2 Å². The zero-order valence-electron chi connectivity index (χ0n) is 19.3. The van der Waals surface area contributed by atoms with Crippen molar-refractivity contribution in [2.45, 2.75) is 25.9 Å². The number of esters is 1. The normalized spacial score (nSPS) is 9.94. The van der Waals surface area contributed by atoms with Gasteiger partial charge in [0.2, 0.25) is 0 Å². The van der Waals surface area contributed by atoms with Gasteiger partial charge in [0.25, 0.3) is 0 Å². The lowest BCUT2D eigenvalue weighted by Crippen LogP contribution is -2.10. The van der Waals surface area contributed by atoms with Gasteiger partial charge >= 0.3 is 5.97 Å². The van der Waals surface area contributed by atoms with E-state index < -0.39 is 5.97 Å². The van der Waals surface area contributed by atoms with Crippen molar-refractivity contribution in [3.8, 4) is 22.6 Å². The first-order valence-electron chi connectivity index (χ1n) is 10.3. The molecule has 3 rings (SSSR count). The number of hydrogen-bond donors (Lipinski definition) is 1. The minimum atomic E-state index is -0.469. The number of aromatic nitrogens is 2. The maximum Gasteiger partial charge on any atom is 0.343 e. The number of carbonyl (C=O) groups excluding carboxylic acids is 1. The Kier molecular flexibility index (Phi) is 9.81. The second-order valence-corrected chi connectivity index (χ2v) is 6.89. The van der Waals surface area contributed by atoms with Crippen molar-refractivity contribution in [2.75, 3.05) is 32.4 Å². The second-order valence-electron chi connectivity index (χ2n) is 6.12. The van der Waals surface area contributed by atoms with Gasteiger partial charge in [-0.3, -0.25) is 0 Å². The summed E-state index contributed by atoms with van der Waals surface area (Å²) in [7, 11) is 3.21. The second kappa shape index (κ2) is 12.6. The zero-order chi connectivity index (χ0) is 23.5. The molecule has 1 aromatic heterocycles. The lowest BCUT2D eigenvalue weighted by molar-refractivity contribution is 0.0526. The molecule has 0 saturated heterocycles. The van der Waals surface area contributed by atoms with Crippen LogP contribution in [0.1, 0.15) is 31.1 Å². The maximum absolute atomic E-state index is 12.3. The van der Waals surface area contributed by atoms with Gasteiger partial charge in [-0.25, -0.2) is 14.8 Å². The van der Waals surface area contributed by atoms with Crippen LogP contribution in [-0.4, -0.2) is 43.0 Å². The average Bonchev–Trinajstić information content (AvgIpc) is 2.85. The van der Waals surface area contributed by atoms with Gasteiger partial charge in [-0.2, -0.15) is 0 Å². The van der Waals surface area contributed by atoms with E-state index in [1.165, 1.54) is 18.0 Å². The Labute approximate surface area is 193 Å². The molecule has 1 N–H and O–H groups in total. The van der Waals surface area contributed by atoms with Gasteiger partial charge in [0, 0.05) is 11.9 Å². The number of hydrogen-bond acceptors (Lipinski definition) is 8. The van der Waals surface area contributed by atoms with Crippen molar-refractivity contribution in [1.29, 1.82) is 0 Å². The molecule has 0 amide bonds. The van der Waals surface area contributed by atoms with Gasteiger partial charge in [0.05, 0.1) is 20.8 Å². The lowest BCUT2D eigenvalue weighted by atomic mass is 10.0. The van der Waals surface area contributed by atoms with Crippen LogP contribution in [-0.2, 0) is 4.74 Å². The number of nitrogens with zero attached hydrogens (tertiary/aromatic N) is 2. The van der Waals surface area contributed by atoms with Gasteiger partial charge < -0.3 is 19.5 Å². The molecule has 0 saturated carbocycles. The monoisotopic (exact) mass is 455 g/mol. The first-order valence-corrected chi connectivity index (χ1v) is 11.5. The van der Waals surface area contributed by atoms with Crippen LogP contribution in [0.15, 0.2) is 53.8 Å². The van der Waals surface area contributed by atoms with E-state index in [2.05, 4.69) is 15.3 Å². The van der Waals surface area contributed by atoms with E-state index in [0.29, 0.717) is 22.5 Å². The number of methoxy groups -OCH3 is 2. The van der Waals surface area contributed by atoms with Gasteiger partial charge in [0.1, 0.15) is 11.4 Å². The number of ether oxygens (including phenoxy) is 3. The number of thioether (sulfide) groups is 1. The molecule has 0 spiro atoms. The summed E-state index contributed by atoms with van der Waals surface area (Å²) < 4.78 is 15.8. The van der Waals surface area contributed by atoms with Crippen molar-refractivity contribution < 1.29 is 19.0 Å². The number of benzene rings is 2. The molecule has 0 atom stereocenters. The van der Waals surface area contributed by atoms with E-state index in [1.807, 2.05) is 62.6 Å². The minimum absolute atomic E-state index is 0.275. The van der Waals surface area contributed by atoms with Crippen molar-refractivity contribution in [3.05, 3.63) is 54.2 Å². The molecule has 0 fully saturated rings. The van der Waals surface area contributed by atoms with Gasteiger partial charge in [-0.05, 0) is 48.6 Å². The molecular formula is C24H29N3O4S. The molecule has 1 heterocycles. The molecule has 7 nitrogen and oxygen atoms in total. The fourth-order valence-electron chi connectivity index (χ4n) is 2.85. The molecule has 0 radical (unpaired) electrons. The fourth-order valence-corrected chi connectivity index (χ4v) is 3.19. The van der Waals surface area contributed by atoms with Crippen LogP contribution < -0.4 is 14.8 Å². The highest BCUT2D eigenvalue weighted by Crippen LogP contribution is 2.33. The zero-order valence-corrected chi connectivity index (χ0v) is 20.1. The van der Waals surface area contributed by atoms with Gasteiger partial charge in [-0.1, -0.05) is 43.8 Å². The molecule has 0 bridgehead atoms. The summed E-state index contributed by atoms with van der Waals surface area (Å²) in [6, 6.07) is 13.5. The molecule has 32 heavy (non-hydrogen) atoms. The SMILES string of the molecule is CC.CCOC(=O)c1cnc(SC)nc1Nc1cccc(-c2ccc(OC)c(OC)c2)c1. The van der Waals surface area contributed by atoms with E-state index in [1.54, 1.807) is 21.1 Å². The van der Waals surface area contributed by atoms with Crippen LogP contribution in [0.4, 0.5) is 11.5 Å². The topological polar surface area (TPSA) is 82.6 Å². The molecule has 3 aromatic rings. The predicted molar refractivity (Wildman–Crippen MR) is 129 cm³/mol.